The van der Waals surface area contributed by atoms with Crippen LogP contribution in [0.5, 0.6) is 23.0 Å². The molecule has 6 heteroatoms. The normalized spacial score (nSPS) is 11.9. The number of aromatic hydroxyl groups is 2. The summed E-state index contributed by atoms with van der Waals surface area (Å²) in [4.78, 5) is 11.9. The Labute approximate surface area is 156 Å². The van der Waals surface area contributed by atoms with Gasteiger partial charge in [0, 0.05) is 6.08 Å². The first kappa shape index (κ1) is 19.7. The Kier molecular flexibility index (Phi) is 6.66. The van der Waals surface area contributed by atoms with E-state index >= 15 is 0 Å². The Morgan fingerprint density at radius 1 is 0.852 bits per heavy atom. The molecule has 0 atom stereocenters. The molecule has 2 aromatic rings. The van der Waals surface area contributed by atoms with E-state index in [-0.39, 0.29) is 17.3 Å². The lowest BCUT2D eigenvalue weighted by molar-refractivity contribution is -0.110. The van der Waals surface area contributed by atoms with Crippen LogP contribution in [-0.2, 0) is 4.79 Å². The van der Waals surface area contributed by atoms with Crippen LogP contribution in [0.1, 0.15) is 11.1 Å². The number of rotatable bonds is 7. The Morgan fingerprint density at radius 3 is 2.15 bits per heavy atom. The van der Waals surface area contributed by atoms with E-state index in [9.17, 15) is 20.1 Å². The fraction of sp³-hybridized carbons (Fsp3) is 0.0952. The number of ketones is 1. The molecular weight excluding hydrogens is 348 g/mol. The van der Waals surface area contributed by atoms with Gasteiger partial charge in [0.25, 0.3) is 0 Å². The molecule has 0 aliphatic carbocycles. The van der Waals surface area contributed by atoms with Crippen LogP contribution < -0.4 is 9.47 Å². The maximum absolute atomic E-state index is 11.9. The van der Waals surface area contributed by atoms with Crippen LogP contribution in [0, 0.1) is 0 Å². The second-order valence-electron chi connectivity index (χ2n) is 5.50. The van der Waals surface area contributed by atoms with Crippen molar-refractivity contribution in [3.8, 4) is 23.0 Å². The SMILES string of the molecule is COc1ccc(/C=C/C(O)=C/C(=O)/C=C/c2ccc(O)c(OC)c2)cc1O. The van der Waals surface area contributed by atoms with Crippen molar-refractivity contribution < 1.29 is 29.6 Å². The Morgan fingerprint density at radius 2 is 1.48 bits per heavy atom. The van der Waals surface area contributed by atoms with Gasteiger partial charge in [0.15, 0.2) is 28.8 Å². The van der Waals surface area contributed by atoms with Gasteiger partial charge in [-0.15, -0.1) is 0 Å². The first-order chi connectivity index (χ1) is 12.9. The van der Waals surface area contributed by atoms with Crippen molar-refractivity contribution in [2.24, 2.45) is 0 Å². The number of aliphatic hydroxyl groups excluding tert-OH is 1. The van der Waals surface area contributed by atoms with Crippen molar-refractivity contribution in [3.63, 3.8) is 0 Å². The quantitative estimate of drug-likeness (QED) is 0.390. The second kappa shape index (κ2) is 9.15. The highest BCUT2D eigenvalue weighted by atomic mass is 16.5. The number of hydrogen-bond acceptors (Lipinski definition) is 6. The minimum atomic E-state index is -0.415. The molecule has 0 unspecified atom stereocenters. The van der Waals surface area contributed by atoms with Gasteiger partial charge in [0.05, 0.1) is 14.2 Å². The molecule has 27 heavy (non-hydrogen) atoms. The third-order valence-corrected chi connectivity index (χ3v) is 3.58. The molecule has 0 fully saturated rings. The average Bonchev–Trinajstić information content (AvgIpc) is 2.65. The maximum atomic E-state index is 11.9. The molecule has 0 bridgehead atoms. The van der Waals surface area contributed by atoms with Crippen molar-refractivity contribution in [2.75, 3.05) is 14.2 Å². The number of carbonyl (C=O) groups excluding carboxylic acids is 1. The fourth-order valence-electron chi connectivity index (χ4n) is 2.21. The molecule has 0 radical (unpaired) electrons. The molecule has 0 aromatic heterocycles. The standard InChI is InChI=1S/C21H20O6/c1-26-20-10-6-14(11-19(20)25)3-7-16(22)13-17(23)8-4-15-5-9-18(24)21(12-15)27-2/h3-13,22,24-25H,1-2H3/b7-3+,8-4+,16-13-. The van der Waals surface area contributed by atoms with Gasteiger partial charge >= 0.3 is 0 Å². The molecule has 6 nitrogen and oxygen atoms in total. The molecule has 2 aromatic carbocycles. The molecule has 0 saturated carbocycles. The van der Waals surface area contributed by atoms with Crippen LogP contribution in [0.4, 0.5) is 0 Å². The lowest BCUT2D eigenvalue weighted by Crippen LogP contribution is -1.89. The Balaban J connectivity index is 2.04. The molecule has 0 spiro atoms. The van der Waals surface area contributed by atoms with Gasteiger partial charge in [-0.05, 0) is 47.5 Å². The van der Waals surface area contributed by atoms with Crippen molar-refractivity contribution in [1.82, 2.24) is 0 Å². The summed E-state index contributed by atoms with van der Waals surface area (Å²) in [5, 5.41) is 29.1. The number of phenols is 2. The lowest BCUT2D eigenvalue weighted by Gasteiger charge is -2.03. The number of aliphatic hydroxyl groups is 1. The van der Waals surface area contributed by atoms with Crippen LogP contribution in [0.15, 0.2) is 60.4 Å². The van der Waals surface area contributed by atoms with Gasteiger partial charge in [-0.1, -0.05) is 24.3 Å². The van der Waals surface area contributed by atoms with Crippen molar-refractivity contribution >= 4 is 17.9 Å². The highest BCUT2D eigenvalue weighted by molar-refractivity contribution is 6.02. The smallest absolute Gasteiger partial charge is 0.182 e. The summed E-state index contributed by atoms with van der Waals surface area (Å²) >= 11 is 0. The third kappa shape index (κ3) is 5.67. The van der Waals surface area contributed by atoms with E-state index in [2.05, 4.69) is 0 Å². The minimum absolute atomic E-state index is 0.00761. The largest absolute Gasteiger partial charge is 0.508 e. The van der Waals surface area contributed by atoms with Gasteiger partial charge in [0.1, 0.15) is 5.76 Å². The number of ether oxygens (including phenoxy) is 2. The summed E-state index contributed by atoms with van der Waals surface area (Å²) in [6, 6.07) is 9.43. The molecule has 140 valence electrons. The summed E-state index contributed by atoms with van der Waals surface area (Å²) in [7, 11) is 2.88. The monoisotopic (exact) mass is 368 g/mol. The topological polar surface area (TPSA) is 96.2 Å². The summed E-state index contributed by atoms with van der Waals surface area (Å²) in [5.74, 6) is -0.0172. The highest BCUT2D eigenvalue weighted by Crippen LogP contribution is 2.27. The molecule has 2 rings (SSSR count). The van der Waals surface area contributed by atoms with Crippen LogP contribution in [0.25, 0.3) is 12.2 Å². The van der Waals surface area contributed by atoms with Gasteiger partial charge in [-0.25, -0.2) is 0 Å². The zero-order chi connectivity index (χ0) is 19.8. The molecule has 0 heterocycles. The minimum Gasteiger partial charge on any atom is -0.508 e. The summed E-state index contributed by atoms with van der Waals surface area (Å²) in [5.41, 5.74) is 1.29. The van der Waals surface area contributed by atoms with E-state index in [1.165, 1.54) is 38.5 Å². The van der Waals surface area contributed by atoms with E-state index < -0.39 is 5.78 Å². The first-order valence-electron chi connectivity index (χ1n) is 7.97. The van der Waals surface area contributed by atoms with Gasteiger partial charge in [-0.3, -0.25) is 4.79 Å². The predicted octanol–water partition coefficient (Wildman–Crippen LogP) is 3.85. The predicted molar refractivity (Wildman–Crippen MR) is 103 cm³/mol. The Bertz CT molecular complexity index is 909. The van der Waals surface area contributed by atoms with E-state index in [4.69, 9.17) is 9.47 Å². The molecule has 0 aliphatic rings. The van der Waals surface area contributed by atoms with Crippen molar-refractivity contribution in [1.29, 1.82) is 0 Å². The number of carbonyl (C=O) groups is 1. The first-order valence-corrected chi connectivity index (χ1v) is 7.97. The zero-order valence-corrected chi connectivity index (χ0v) is 14.9. The van der Waals surface area contributed by atoms with Crippen LogP contribution in [-0.4, -0.2) is 35.3 Å². The molecule has 0 aliphatic heterocycles. The van der Waals surface area contributed by atoms with E-state index in [0.717, 1.165) is 6.08 Å². The van der Waals surface area contributed by atoms with Crippen molar-refractivity contribution in [3.05, 3.63) is 71.5 Å². The number of phenolic OH excluding ortho intramolecular Hbond substituents is 2. The average molecular weight is 368 g/mol. The van der Waals surface area contributed by atoms with Crippen LogP contribution in [0.3, 0.4) is 0 Å². The Hall–Kier alpha value is -3.67. The van der Waals surface area contributed by atoms with E-state index in [1.807, 2.05) is 0 Å². The van der Waals surface area contributed by atoms with E-state index in [1.54, 1.807) is 36.4 Å². The zero-order valence-electron chi connectivity index (χ0n) is 14.9. The number of methoxy groups -OCH3 is 2. The van der Waals surface area contributed by atoms with Gasteiger partial charge in [-0.2, -0.15) is 0 Å². The van der Waals surface area contributed by atoms with Gasteiger partial charge < -0.3 is 24.8 Å². The molecule has 3 N–H and O–H groups in total. The highest BCUT2D eigenvalue weighted by Gasteiger charge is 2.02. The second-order valence-corrected chi connectivity index (χ2v) is 5.50. The molecule has 0 amide bonds. The van der Waals surface area contributed by atoms with Gasteiger partial charge in [0.2, 0.25) is 0 Å². The fourth-order valence-corrected chi connectivity index (χ4v) is 2.21. The number of hydrogen-bond donors (Lipinski definition) is 3. The molecular formula is C21H20O6. The third-order valence-electron chi connectivity index (χ3n) is 3.58. The summed E-state index contributed by atoms with van der Waals surface area (Å²) in [6.07, 6.45) is 6.78. The van der Waals surface area contributed by atoms with Crippen LogP contribution in [0.2, 0.25) is 0 Å². The number of allylic oxidation sites excluding steroid dienone is 3. The van der Waals surface area contributed by atoms with Crippen LogP contribution >= 0.6 is 0 Å². The summed E-state index contributed by atoms with van der Waals surface area (Å²) in [6.45, 7) is 0. The summed E-state index contributed by atoms with van der Waals surface area (Å²) < 4.78 is 9.95. The number of benzene rings is 2. The molecule has 0 saturated heterocycles. The maximum Gasteiger partial charge on any atom is 0.182 e. The van der Waals surface area contributed by atoms with Crippen molar-refractivity contribution in [2.45, 2.75) is 0 Å². The van der Waals surface area contributed by atoms with E-state index in [0.29, 0.717) is 22.6 Å². The lowest BCUT2D eigenvalue weighted by atomic mass is 10.1.